The standard InChI is InChI=1S/C26H35N3O7/c1-15(2)24-17(4)8-9-22(32)27-10-6-7-16(3)11-19(30)12-20(31)13-23-29-21(14-35-23)25(33)28-18(5)26(34)36-24/h6-9,11,14-15,17-19,24,30H,10,12-13H2,1-5H3,(H,27,32)(H,28,33)/b7-6+,9-8+,16-11+/t17-,18-,19-,24?/m1/s1. The molecule has 2 amide bonds. The molecule has 1 aliphatic rings. The van der Waals surface area contributed by atoms with Crippen LogP contribution in [0.2, 0.25) is 0 Å². The van der Waals surface area contributed by atoms with Crippen LogP contribution in [0, 0.1) is 11.8 Å². The Labute approximate surface area is 210 Å². The van der Waals surface area contributed by atoms with Gasteiger partial charge < -0.3 is 24.9 Å². The van der Waals surface area contributed by atoms with E-state index in [4.69, 9.17) is 9.15 Å². The Balaban J connectivity index is 2.25. The van der Waals surface area contributed by atoms with Gasteiger partial charge in [-0.15, -0.1) is 0 Å². The van der Waals surface area contributed by atoms with E-state index in [1.807, 2.05) is 20.8 Å². The first-order valence-corrected chi connectivity index (χ1v) is 11.9. The van der Waals surface area contributed by atoms with Gasteiger partial charge in [-0.2, -0.15) is 0 Å². The van der Waals surface area contributed by atoms with Crippen LogP contribution in [-0.4, -0.2) is 58.5 Å². The first kappa shape index (κ1) is 28.7. The molecule has 2 bridgehead atoms. The third-order valence-corrected chi connectivity index (χ3v) is 5.48. The zero-order chi connectivity index (χ0) is 26.8. The molecule has 10 nitrogen and oxygen atoms in total. The van der Waals surface area contributed by atoms with Gasteiger partial charge in [-0.25, -0.2) is 9.78 Å². The van der Waals surface area contributed by atoms with Crippen molar-refractivity contribution in [3.05, 3.63) is 53.8 Å². The second-order valence-electron chi connectivity index (χ2n) is 9.23. The van der Waals surface area contributed by atoms with Crippen LogP contribution in [-0.2, 0) is 25.5 Å². The topological polar surface area (TPSA) is 148 Å². The number of carbonyl (C=O) groups is 4. The molecule has 2 heterocycles. The van der Waals surface area contributed by atoms with Gasteiger partial charge in [0.25, 0.3) is 5.91 Å². The number of fused-ring (bicyclic) bond motifs is 2. The van der Waals surface area contributed by atoms with Gasteiger partial charge in [0, 0.05) is 18.9 Å². The normalized spacial score (nSPS) is 28.9. The van der Waals surface area contributed by atoms with Crippen LogP contribution in [0.25, 0.3) is 0 Å². The van der Waals surface area contributed by atoms with Crippen molar-refractivity contribution >= 4 is 23.6 Å². The van der Waals surface area contributed by atoms with Crippen LogP contribution >= 0.6 is 0 Å². The summed E-state index contributed by atoms with van der Waals surface area (Å²) >= 11 is 0. The Hall–Kier alpha value is -3.53. The van der Waals surface area contributed by atoms with Crippen LogP contribution in [0.1, 0.15) is 57.4 Å². The molecule has 0 saturated heterocycles. The van der Waals surface area contributed by atoms with Crippen molar-refractivity contribution in [2.24, 2.45) is 11.8 Å². The maximum atomic E-state index is 12.7. The lowest BCUT2D eigenvalue weighted by Gasteiger charge is -2.27. The molecule has 0 spiro atoms. The highest BCUT2D eigenvalue weighted by atomic mass is 16.5. The van der Waals surface area contributed by atoms with Crippen LogP contribution < -0.4 is 10.6 Å². The summed E-state index contributed by atoms with van der Waals surface area (Å²) in [4.78, 5) is 53.7. The number of cyclic esters (lactones) is 1. The largest absolute Gasteiger partial charge is 0.460 e. The number of nitrogens with zero attached hydrogens (tertiary/aromatic N) is 1. The number of aromatic nitrogens is 1. The maximum Gasteiger partial charge on any atom is 0.328 e. The van der Waals surface area contributed by atoms with Gasteiger partial charge in [0.2, 0.25) is 11.8 Å². The van der Waals surface area contributed by atoms with Crippen molar-refractivity contribution in [3.63, 3.8) is 0 Å². The minimum atomic E-state index is -1.01. The van der Waals surface area contributed by atoms with E-state index >= 15 is 0 Å². The quantitative estimate of drug-likeness (QED) is 0.495. The van der Waals surface area contributed by atoms with Crippen LogP contribution in [0.3, 0.4) is 0 Å². The number of ether oxygens (including phenoxy) is 1. The van der Waals surface area contributed by atoms with Crippen molar-refractivity contribution in [2.45, 2.75) is 65.7 Å². The monoisotopic (exact) mass is 501 g/mol. The molecule has 0 aromatic carbocycles. The predicted octanol–water partition coefficient (Wildman–Crippen LogP) is 2.05. The Morgan fingerprint density at radius 2 is 1.86 bits per heavy atom. The van der Waals surface area contributed by atoms with E-state index in [0.717, 1.165) is 11.8 Å². The number of aliphatic hydroxyl groups excluding tert-OH is 1. The molecule has 0 radical (unpaired) electrons. The van der Waals surface area contributed by atoms with Gasteiger partial charge in [-0.1, -0.05) is 50.6 Å². The number of carbonyl (C=O) groups excluding carboxylic acids is 4. The number of hydrogen-bond donors (Lipinski definition) is 3. The number of allylic oxidation sites excluding steroid dienone is 2. The molecule has 2 rings (SSSR count). The molecule has 4 atom stereocenters. The van der Waals surface area contributed by atoms with Crippen molar-refractivity contribution in [1.29, 1.82) is 0 Å². The SMILES string of the molecule is CC1=C\[C@@H](O)CC(=O)Cc2nc(co2)C(=O)N[C@H](C)C(=O)OC(C(C)C)[C@H](C)/C=C/C(=O)NC\C=C\1. The molecular weight excluding hydrogens is 466 g/mol. The van der Waals surface area contributed by atoms with Gasteiger partial charge in [-0.3, -0.25) is 14.4 Å². The van der Waals surface area contributed by atoms with E-state index in [2.05, 4.69) is 15.6 Å². The molecule has 0 saturated carbocycles. The highest BCUT2D eigenvalue weighted by Gasteiger charge is 2.28. The van der Waals surface area contributed by atoms with Crippen molar-refractivity contribution in [2.75, 3.05) is 6.54 Å². The maximum absolute atomic E-state index is 12.7. The van der Waals surface area contributed by atoms with E-state index < -0.39 is 30.1 Å². The van der Waals surface area contributed by atoms with Gasteiger partial charge in [0.05, 0.1) is 12.5 Å². The molecule has 1 aromatic heterocycles. The number of amides is 2. The Bertz CT molecular complexity index is 1040. The molecule has 1 aromatic rings. The first-order valence-electron chi connectivity index (χ1n) is 11.9. The van der Waals surface area contributed by atoms with Gasteiger partial charge >= 0.3 is 5.97 Å². The first-order chi connectivity index (χ1) is 17.0. The van der Waals surface area contributed by atoms with Gasteiger partial charge in [0.15, 0.2) is 5.69 Å². The Morgan fingerprint density at radius 3 is 2.56 bits per heavy atom. The Kier molecular flexibility index (Phi) is 10.8. The number of esters is 1. The lowest BCUT2D eigenvalue weighted by Crippen LogP contribution is -2.42. The smallest absolute Gasteiger partial charge is 0.328 e. The third kappa shape index (κ3) is 9.26. The molecule has 36 heavy (non-hydrogen) atoms. The molecule has 196 valence electrons. The summed E-state index contributed by atoms with van der Waals surface area (Å²) in [6.45, 7) is 9.15. The fraction of sp³-hybridized carbons (Fsp3) is 0.500. The molecular formula is C26H35N3O7. The number of rotatable bonds is 1. The van der Waals surface area contributed by atoms with Crippen LogP contribution in [0.4, 0.5) is 0 Å². The summed E-state index contributed by atoms with van der Waals surface area (Å²) in [6, 6.07) is -0.974. The van der Waals surface area contributed by atoms with Crippen LogP contribution in [0.5, 0.6) is 0 Å². The van der Waals surface area contributed by atoms with Crippen molar-refractivity contribution in [1.82, 2.24) is 15.6 Å². The number of hydrogen-bond acceptors (Lipinski definition) is 8. The zero-order valence-electron chi connectivity index (χ0n) is 21.3. The zero-order valence-corrected chi connectivity index (χ0v) is 21.3. The summed E-state index contributed by atoms with van der Waals surface area (Å²) in [5.41, 5.74) is 0.637. The average Bonchev–Trinajstić information content (AvgIpc) is 3.25. The summed E-state index contributed by atoms with van der Waals surface area (Å²) in [5.74, 6) is -2.20. The molecule has 10 heteroatoms. The molecule has 1 unspecified atom stereocenters. The van der Waals surface area contributed by atoms with Gasteiger partial charge in [-0.05, 0) is 25.8 Å². The fourth-order valence-corrected chi connectivity index (χ4v) is 3.62. The van der Waals surface area contributed by atoms with E-state index in [0.29, 0.717) is 0 Å². The van der Waals surface area contributed by atoms with Crippen LogP contribution in [0.15, 0.2) is 46.6 Å². The number of Topliss-reactive ketones (excluding diaryl/α,β-unsaturated/α-hetero) is 1. The second kappa shape index (κ2) is 13.5. The molecule has 3 N–H and O–H groups in total. The van der Waals surface area contributed by atoms with Crippen molar-refractivity contribution < 1.29 is 33.4 Å². The number of oxazole rings is 1. The van der Waals surface area contributed by atoms with E-state index in [9.17, 15) is 24.3 Å². The fourth-order valence-electron chi connectivity index (χ4n) is 3.62. The number of ketones is 1. The molecule has 1 aliphatic heterocycles. The van der Waals surface area contributed by atoms with E-state index in [1.165, 1.54) is 19.1 Å². The minimum Gasteiger partial charge on any atom is -0.460 e. The average molecular weight is 502 g/mol. The summed E-state index contributed by atoms with van der Waals surface area (Å²) < 4.78 is 10.9. The predicted molar refractivity (Wildman–Crippen MR) is 132 cm³/mol. The van der Waals surface area contributed by atoms with E-state index in [-0.39, 0.29) is 54.5 Å². The Morgan fingerprint density at radius 1 is 1.14 bits per heavy atom. The number of aliphatic hydroxyl groups is 1. The molecule has 0 aliphatic carbocycles. The lowest BCUT2D eigenvalue weighted by molar-refractivity contribution is -0.155. The van der Waals surface area contributed by atoms with E-state index in [1.54, 1.807) is 25.2 Å². The summed E-state index contributed by atoms with van der Waals surface area (Å²) in [5, 5.41) is 15.4. The minimum absolute atomic E-state index is 0.0304. The summed E-state index contributed by atoms with van der Waals surface area (Å²) in [6.07, 6.45) is 7.27. The second-order valence-corrected chi connectivity index (χ2v) is 9.23. The lowest BCUT2D eigenvalue weighted by atomic mass is 9.94. The van der Waals surface area contributed by atoms with Crippen molar-refractivity contribution in [3.8, 4) is 0 Å². The molecule has 0 fully saturated rings. The van der Waals surface area contributed by atoms with Gasteiger partial charge in [0.1, 0.15) is 24.2 Å². The highest BCUT2D eigenvalue weighted by molar-refractivity contribution is 5.95. The highest BCUT2D eigenvalue weighted by Crippen LogP contribution is 2.19. The summed E-state index contributed by atoms with van der Waals surface area (Å²) in [7, 11) is 0. The number of nitrogens with one attached hydrogen (secondary N) is 2. The third-order valence-electron chi connectivity index (χ3n) is 5.48.